The highest BCUT2D eigenvalue weighted by molar-refractivity contribution is 6.29. The number of benzene rings is 1. The Kier molecular flexibility index (Phi) is 4.18. The van der Waals surface area contributed by atoms with Crippen molar-refractivity contribution < 1.29 is 4.74 Å². The number of hydrogen-bond donors (Lipinski definition) is 1. The summed E-state index contributed by atoms with van der Waals surface area (Å²) in [5.41, 5.74) is 7.95. The van der Waals surface area contributed by atoms with Crippen molar-refractivity contribution in [3.05, 3.63) is 40.9 Å². The molecule has 0 heterocycles. The fraction of sp³-hybridized carbons (Fsp3) is 0.333. The number of rotatable bonds is 4. The van der Waals surface area contributed by atoms with Crippen LogP contribution < -0.4 is 10.5 Å². The van der Waals surface area contributed by atoms with Gasteiger partial charge in [-0.05, 0) is 25.5 Å². The maximum atomic E-state index is 5.84. The number of ether oxygens (including phenoxy) is 1. The average molecular weight is 226 g/mol. The predicted octanol–water partition coefficient (Wildman–Crippen LogP) is 3.15. The molecule has 1 aromatic carbocycles. The second-order valence-corrected chi connectivity index (χ2v) is 4.17. The molecule has 0 fully saturated rings. The van der Waals surface area contributed by atoms with Crippen molar-refractivity contribution in [2.24, 2.45) is 5.73 Å². The minimum absolute atomic E-state index is 0.0517. The second kappa shape index (κ2) is 5.19. The fourth-order valence-electron chi connectivity index (χ4n) is 1.30. The monoisotopic (exact) mass is 225 g/mol. The summed E-state index contributed by atoms with van der Waals surface area (Å²) < 4.78 is 5.53. The quantitative estimate of drug-likeness (QED) is 0.855. The van der Waals surface area contributed by atoms with E-state index in [2.05, 4.69) is 6.58 Å². The molecule has 82 valence electrons. The molecule has 0 aliphatic carbocycles. The van der Waals surface area contributed by atoms with E-state index >= 15 is 0 Å². The van der Waals surface area contributed by atoms with Gasteiger partial charge in [-0.2, -0.15) is 0 Å². The molecule has 0 saturated heterocycles. The van der Waals surface area contributed by atoms with Gasteiger partial charge in [0.2, 0.25) is 0 Å². The van der Waals surface area contributed by atoms with Gasteiger partial charge in [0.05, 0.1) is 0 Å². The van der Waals surface area contributed by atoms with Gasteiger partial charge in [-0.15, -0.1) is 0 Å². The van der Waals surface area contributed by atoms with Gasteiger partial charge in [-0.25, -0.2) is 0 Å². The molecule has 1 rings (SSSR count). The third-order valence-corrected chi connectivity index (χ3v) is 2.15. The van der Waals surface area contributed by atoms with Crippen LogP contribution in [0, 0.1) is 6.92 Å². The maximum Gasteiger partial charge on any atom is 0.124 e. The summed E-state index contributed by atoms with van der Waals surface area (Å²) in [5.74, 6) is 0.784. The molecule has 2 nitrogen and oxygen atoms in total. The summed E-state index contributed by atoms with van der Waals surface area (Å²) in [6, 6.07) is 5.90. The summed E-state index contributed by atoms with van der Waals surface area (Å²) in [6.07, 6.45) is 0. The Hall–Kier alpha value is -0.990. The molecular weight excluding hydrogens is 210 g/mol. The van der Waals surface area contributed by atoms with E-state index in [1.54, 1.807) is 0 Å². The Labute approximate surface area is 95.7 Å². The van der Waals surface area contributed by atoms with Crippen molar-refractivity contribution in [2.45, 2.75) is 19.9 Å². The first-order chi connectivity index (χ1) is 7.00. The minimum atomic E-state index is -0.0517. The van der Waals surface area contributed by atoms with Crippen molar-refractivity contribution in [1.29, 1.82) is 0 Å². The molecule has 0 radical (unpaired) electrons. The van der Waals surface area contributed by atoms with E-state index in [0.29, 0.717) is 11.6 Å². The van der Waals surface area contributed by atoms with Crippen LogP contribution in [0.2, 0.25) is 0 Å². The number of aryl methyl sites for hydroxylation is 1. The van der Waals surface area contributed by atoms with Crippen LogP contribution in [0.5, 0.6) is 5.75 Å². The normalized spacial score (nSPS) is 12.3. The molecule has 0 saturated carbocycles. The van der Waals surface area contributed by atoms with Crippen molar-refractivity contribution >= 4 is 11.6 Å². The van der Waals surface area contributed by atoms with E-state index in [9.17, 15) is 0 Å². The Morgan fingerprint density at radius 1 is 1.60 bits per heavy atom. The van der Waals surface area contributed by atoms with E-state index in [-0.39, 0.29) is 6.04 Å². The standard InChI is InChI=1S/C12H16ClNO/c1-8-4-5-11(10(3)14)12(6-8)15-7-9(2)13/h4-6,10H,2,7,14H2,1,3H3. The third kappa shape index (κ3) is 3.57. The molecule has 2 N–H and O–H groups in total. The lowest BCUT2D eigenvalue weighted by molar-refractivity contribution is 0.353. The van der Waals surface area contributed by atoms with Crippen molar-refractivity contribution in [3.63, 3.8) is 0 Å². The molecule has 1 unspecified atom stereocenters. The second-order valence-electron chi connectivity index (χ2n) is 3.64. The molecule has 3 heteroatoms. The zero-order chi connectivity index (χ0) is 11.4. The third-order valence-electron chi connectivity index (χ3n) is 2.04. The van der Waals surface area contributed by atoms with Crippen molar-refractivity contribution in [2.75, 3.05) is 6.61 Å². The van der Waals surface area contributed by atoms with Crippen LogP contribution in [-0.4, -0.2) is 6.61 Å². The van der Waals surface area contributed by atoms with Gasteiger partial charge in [0.25, 0.3) is 0 Å². The summed E-state index contributed by atoms with van der Waals surface area (Å²) >= 11 is 5.65. The van der Waals surface area contributed by atoms with E-state index in [0.717, 1.165) is 16.9 Å². The molecule has 0 aromatic heterocycles. The van der Waals surface area contributed by atoms with Gasteiger partial charge < -0.3 is 10.5 Å². The lowest BCUT2D eigenvalue weighted by Gasteiger charge is -2.14. The lowest BCUT2D eigenvalue weighted by Crippen LogP contribution is -2.08. The van der Waals surface area contributed by atoms with Gasteiger partial charge in [-0.3, -0.25) is 0 Å². The lowest BCUT2D eigenvalue weighted by atomic mass is 10.1. The average Bonchev–Trinajstić information content (AvgIpc) is 2.14. The Morgan fingerprint density at radius 2 is 2.27 bits per heavy atom. The highest BCUT2D eigenvalue weighted by Crippen LogP contribution is 2.25. The zero-order valence-electron chi connectivity index (χ0n) is 9.09. The van der Waals surface area contributed by atoms with Gasteiger partial charge in [0.15, 0.2) is 0 Å². The van der Waals surface area contributed by atoms with E-state index < -0.39 is 0 Å². The first kappa shape index (κ1) is 12.1. The van der Waals surface area contributed by atoms with Crippen molar-refractivity contribution in [1.82, 2.24) is 0 Å². The number of halogens is 1. The Morgan fingerprint density at radius 3 is 2.80 bits per heavy atom. The largest absolute Gasteiger partial charge is 0.488 e. The van der Waals surface area contributed by atoms with Crippen LogP contribution >= 0.6 is 11.6 Å². The smallest absolute Gasteiger partial charge is 0.124 e. The first-order valence-electron chi connectivity index (χ1n) is 4.83. The van der Waals surface area contributed by atoms with E-state index in [1.807, 2.05) is 32.0 Å². The molecule has 0 spiro atoms. The summed E-state index contributed by atoms with van der Waals surface area (Å²) in [4.78, 5) is 0. The Bertz CT molecular complexity index is 361. The van der Waals surface area contributed by atoms with E-state index in [1.165, 1.54) is 0 Å². The molecule has 0 amide bonds. The minimum Gasteiger partial charge on any atom is -0.488 e. The summed E-state index contributed by atoms with van der Waals surface area (Å²) in [7, 11) is 0. The molecule has 15 heavy (non-hydrogen) atoms. The van der Waals surface area contributed by atoms with Crippen LogP contribution in [0.25, 0.3) is 0 Å². The van der Waals surface area contributed by atoms with Crippen LogP contribution in [0.1, 0.15) is 24.1 Å². The van der Waals surface area contributed by atoms with Crippen LogP contribution in [0.15, 0.2) is 29.8 Å². The Balaban J connectivity index is 2.91. The number of nitrogens with two attached hydrogens (primary N) is 1. The van der Waals surface area contributed by atoms with Crippen LogP contribution in [0.3, 0.4) is 0 Å². The van der Waals surface area contributed by atoms with Crippen LogP contribution in [0.4, 0.5) is 0 Å². The van der Waals surface area contributed by atoms with Gasteiger partial charge in [0.1, 0.15) is 12.4 Å². The summed E-state index contributed by atoms with van der Waals surface area (Å²) in [6.45, 7) is 7.82. The van der Waals surface area contributed by atoms with E-state index in [4.69, 9.17) is 22.1 Å². The predicted molar refractivity (Wildman–Crippen MR) is 64.3 cm³/mol. The first-order valence-corrected chi connectivity index (χ1v) is 5.20. The highest BCUT2D eigenvalue weighted by atomic mass is 35.5. The zero-order valence-corrected chi connectivity index (χ0v) is 9.84. The van der Waals surface area contributed by atoms with Gasteiger partial charge in [-0.1, -0.05) is 30.3 Å². The van der Waals surface area contributed by atoms with Crippen LogP contribution in [-0.2, 0) is 0 Å². The SMILES string of the molecule is C=C(Cl)COc1cc(C)ccc1C(C)N. The highest BCUT2D eigenvalue weighted by Gasteiger charge is 2.08. The molecule has 0 aliphatic heterocycles. The molecule has 0 bridgehead atoms. The fourth-order valence-corrected chi connectivity index (χ4v) is 1.35. The van der Waals surface area contributed by atoms with Crippen molar-refractivity contribution in [3.8, 4) is 5.75 Å². The molecule has 1 atom stereocenters. The topological polar surface area (TPSA) is 35.2 Å². The number of hydrogen-bond acceptors (Lipinski definition) is 2. The molecule has 0 aliphatic rings. The van der Waals surface area contributed by atoms with Gasteiger partial charge in [0, 0.05) is 16.6 Å². The molecular formula is C12H16ClNO. The molecule has 1 aromatic rings. The van der Waals surface area contributed by atoms with Gasteiger partial charge >= 0.3 is 0 Å². The summed E-state index contributed by atoms with van der Waals surface area (Å²) in [5, 5.41) is 0.479. The maximum absolute atomic E-state index is 5.84.